The minimum absolute atomic E-state index is 0.0508. The SMILES string of the molecule is Cc1cc2cc(n1)-c1cnn(C)c1OCCC[C@@H](C)Cn1c(nc3ccc(N4CCN([C@H]5CCN(c6cc(F)c([C@H]7CCC(=O)NC7=O)c(F)c6)[C@@H](C)C5)CC4)cc31)NC2=O. The molecular formula is C45H52F2N10O4. The fourth-order valence-corrected chi connectivity index (χ4v) is 9.72. The maximum Gasteiger partial charge on any atom is 0.258 e. The molecule has 5 aromatic rings. The number of imide groups is 1. The number of hydrogen-bond acceptors (Lipinski definition) is 10. The van der Waals surface area contributed by atoms with Gasteiger partial charge in [-0.1, -0.05) is 6.92 Å². The molecule has 0 saturated carbocycles. The summed E-state index contributed by atoms with van der Waals surface area (Å²) in [5.41, 5.74) is 5.63. The quantitative estimate of drug-likeness (QED) is 0.202. The summed E-state index contributed by atoms with van der Waals surface area (Å²) in [6.45, 7) is 11.5. The summed E-state index contributed by atoms with van der Waals surface area (Å²) in [5, 5.41) is 9.75. The Morgan fingerprint density at radius 1 is 0.869 bits per heavy atom. The average molecular weight is 835 g/mol. The number of benzene rings is 2. The molecule has 61 heavy (non-hydrogen) atoms. The highest BCUT2D eigenvalue weighted by Crippen LogP contribution is 2.36. The zero-order chi connectivity index (χ0) is 42.5. The van der Waals surface area contributed by atoms with Gasteiger partial charge in [0.2, 0.25) is 23.6 Å². The standard InChI is InChI=1S/C45H52F2N10O4/c1-26-6-5-17-61-44-34(24-48-53(44)4)38-20-29(18-27(2)49-38)42(59)52-45-50-37-9-7-30(23-39(37)57(45)25-26)54-13-15-55(16-14-54)31-11-12-56(28(3)19-31)32-21-35(46)41(36(47)22-32)33-8-10-40(58)51-43(33)60/h7,9,18,20-24,26,28,31,33H,5-6,8,10-17,19,25H2,1-4H3,(H,50,52,59)(H,51,58,60)/t26-,28+,31+,33-/m1/s1. The Morgan fingerprint density at radius 2 is 1.66 bits per heavy atom. The number of pyridine rings is 1. The number of ether oxygens (including phenoxy) is 1. The van der Waals surface area contributed by atoms with Crippen molar-refractivity contribution >= 4 is 46.1 Å². The minimum atomic E-state index is -1.02. The average Bonchev–Trinajstić information content (AvgIpc) is 3.77. The summed E-state index contributed by atoms with van der Waals surface area (Å²) in [7, 11) is 1.84. The highest BCUT2D eigenvalue weighted by molar-refractivity contribution is 6.05. The van der Waals surface area contributed by atoms with Gasteiger partial charge in [0.1, 0.15) is 11.6 Å². The third kappa shape index (κ3) is 8.05. The maximum absolute atomic E-state index is 15.4. The van der Waals surface area contributed by atoms with Crippen LogP contribution in [0.15, 0.2) is 48.7 Å². The Bertz CT molecular complexity index is 2490. The van der Waals surface area contributed by atoms with E-state index in [4.69, 9.17) is 14.7 Å². The van der Waals surface area contributed by atoms with E-state index in [1.807, 2.05) is 20.0 Å². The second-order valence-corrected chi connectivity index (χ2v) is 17.2. The first-order valence-corrected chi connectivity index (χ1v) is 21.4. The molecule has 4 atom stereocenters. The number of carbonyl (C=O) groups excluding carboxylic acids is 3. The van der Waals surface area contributed by atoms with Crippen LogP contribution in [-0.4, -0.2) is 98.4 Å². The van der Waals surface area contributed by atoms with E-state index >= 15 is 8.78 Å². The predicted molar refractivity (Wildman–Crippen MR) is 228 cm³/mol. The number of carbonyl (C=O) groups is 3. The molecule has 9 rings (SSSR count). The molecule has 2 N–H and O–H groups in total. The molecule has 16 heteroatoms. The van der Waals surface area contributed by atoms with E-state index < -0.39 is 29.4 Å². The van der Waals surface area contributed by atoms with E-state index in [0.717, 1.165) is 74.1 Å². The van der Waals surface area contributed by atoms with Crippen molar-refractivity contribution in [1.29, 1.82) is 0 Å². The monoisotopic (exact) mass is 834 g/mol. The van der Waals surface area contributed by atoms with Crippen LogP contribution in [0.25, 0.3) is 22.3 Å². The number of amides is 3. The molecule has 4 aliphatic rings. The molecule has 320 valence electrons. The third-order valence-electron chi connectivity index (χ3n) is 12.9. The van der Waals surface area contributed by atoms with Crippen LogP contribution in [0.5, 0.6) is 5.88 Å². The lowest BCUT2D eigenvalue weighted by molar-refractivity contribution is -0.134. The lowest BCUT2D eigenvalue weighted by atomic mass is 9.89. The van der Waals surface area contributed by atoms with Gasteiger partial charge in [0.25, 0.3) is 5.91 Å². The Balaban J connectivity index is 0.881. The van der Waals surface area contributed by atoms with Gasteiger partial charge in [0.15, 0.2) is 0 Å². The topological polar surface area (TPSA) is 143 Å². The lowest BCUT2D eigenvalue weighted by Crippen LogP contribution is -2.55. The van der Waals surface area contributed by atoms with Gasteiger partial charge in [0, 0.05) is 93.0 Å². The molecule has 3 aromatic heterocycles. The van der Waals surface area contributed by atoms with Crippen LogP contribution >= 0.6 is 0 Å². The summed E-state index contributed by atoms with van der Waals surface area (Å²) in [5.74, 6) is -2.46. The third-order valence-corrected chi connectivity index (χ3v) is 12.9. The summed E-state index contributed by atoms with van der Waals surface area (Å²) in [6.07, 6.45) is 5.34. The smallest absolute Gasteiger partial charge is 0.258 e. The molecule has 0 radical (unpaired) electrons. The number of fused-ring (bicyclic) bond motifs is 7. The van der Waals surface area contributed by atoms with Gasteiger partial charge in [-0.2, -0.15) is 5.10 Å². The van der Waals surface area contributed by atoms with E-state index in [1.165, 1.54) is 12.1 Å². The first-order valence-electron chi connectivity index (χ1n) is 21.4. The first-order chi connectivity index (χ1) is 29.4. The van der Waals surface area contributed by atoms with Gasteiger partial charge in [0.05, 0.1) is 41.0 Å². The van der Waals surface area contributed by atoms with E-state index in [-0.39, 0.29) is 36.3 Å². The van der Waals surface area contributed by atoms with E-state index in [0.29, 0.717) is 60.2 Å². The van der Waals surface area contributed by atoms with Crippen LogP contribution in [0.1, 0.15) is 79.9 Å². The van der Waals surface area contributed by atoms with Crippen molar-refractivity contribution in [3.8, 4) is 17.1 Å². The summed E-state index contributed by atoms with van der Waals surface area (Å²) in [6, 6.07) is 13.0. The number of aryl methyl sites for hydroxylation is 2. The number of halogens is 2. The van der Waals surface area contributed by atoms with Crippen LogP contribution in [0.4, 0.5) is 26.1 Å². The van der Waals surface area contributed by atoms with Gasteiger partial charge in [-0.05, 0) is 94.3 Å². The van der Waals surface area contributed by atoms with Crippen LogP contribution in [-0.2, 0) is 23.2 Å². The predicted octanol–water partition coefficient (Wildman–Crippen LogP) is 6.18. The van der Waals surface area contributed by atoms with Crippen molar-refractivity contribution in [2.45, 2.75) is 83.8 Å². The molecule has 4 aliphatic heterocycles. The molecule has 0 unspecified atom stereocenters. The molecule has 3 fully saturated rings. The van der Waals surface area contributed by atoms with Crippen LogP contribution in [0.2, 0.25) is 0 Å². The van der Waals surface area contributed by atoms with Gasteiger partial charge >= 0.3 is 0 Å². The molecule has 14 nitrogen and oxygen atoms in total. The normalized spacial score (nSPS) is 23.1. The van der Waals surface area contributed by atoms with Gasteiger partial charge in [-0.25, -0.2) is 18.4 Å². The Labute approximate surface area is 353 Å². The van der Waals surface area contributed by atoms with Crippen molar-refractivity contribution in [3.05, 3.63) is 77.1 Å². The summed E-state index contributed by atoms with van der Waals surface area (Å²) < 4.78 is 40.9. The van der Waals surface area contributed by atoms with Crippen LogP contribution in [0, 0.1) is 24.5 Å². The van der Waals surface area contributed by atoms with Crippen LogP contribution in [0.3, 0.4) is 0 Å². The number of piperazine rings is 1. The maximum atomic E-state index is 15.4. The van der Waals surface area contributed by atoms with E-state index in [2.05, 4.69) is 61.0 Å². The Hall–Kier alpha value is -5.90. The molecule has 3 saturated heterocycles. The zero-order valence-corrected chi connectivity index (χ0v) is 35.1. The van der Waals surface area contributed by atoms with Crippen molar-refractivity contribution < 1.29 is 27.9 Å². The van der Waals surface area contributed by atoms with Crippen LogP contribution < -0.4 is 25.2 Å². The number of hydrogen-bond donors (Lipinski definition) is 2. The second-order valence-electron chi connectivity index (χ2n) is 17.2. The minimum Gasteiger partial charge on any atom is -0.477 e. The number of nitrogens with zero attached hydrogens (tertiary/aromatic N) is 8. The number of aromatic nitrogens is 5. The summed E-state index contributed by atoms with van der Waals surface area (Å²) in [4.78, 5) is 54.5. The van der Waals surface area contributed by atoms with Gasteiger partial charge in [-0.3, -0.25) is 34.9 Å². The molecule has 2 bridgehead atoms. The van der Waals surface area contributed by atoms with Crippen molar-refractivity contribution in [1.82, 2.24) is 34.5 Å². The van der Waals surface area contributed by atoms with Crippen molar-refractivity contribution in [2.75, 3.05) is 54.4 Å². The lowest BCUT2D eigenvalue weighted by Gasteiger charge is -2.46. The molecular weight excluding hydrogens is 783 g/mol. The molecule has 7 heterocycles. The number of rotatable bonds is 4. The molecule has 3 amide bonds. The Morgan fingerprint density at radius 3 is 2.41 bits per heavy atom. The number of imidazole rings is 1. The zero-order valence-electron chi connectivity index (χ0n) is 35.1. The first kappa shape index (κ1) is 40.5. The summed E-state index contributed by atoms with van der Waals surface area (Å²) >= 11 is 0. The number of nitrogens with one attached hydrogen (secondary N) is 2. The highest BCUT2D eigenvalue weighted by atomic mass is 19.1. The largest absolute Gasteiger partial charge is 0.477 e. The molecule has 0 aliphatic carbocycles. The fourth-order valence-electron chi connectivity index (χ4n) is 9.72. The molecule has 2 aromatic carbocycles. The fraction of sp³-hybridized carbons (Fsp3) is 0.467. The second kappa shape index (κ2) is 16.5. The highest BCUT2D eigenvalue weighted by Gasteiger charge is 2.35. The molecule has 0 spiro atoms. The Kier molecular flexibility index (Phi) is 11.0. The van der Waals surface area contributed by atoms with Gasteiger partial charge < -0.3 is 19.1 Å². The van der Waals surface area contributed by atoms with Gasteiger partial charge in [-0.15, -0.1) is 0 Å². The number of anilines is 3. The van der Waals surface area contributed by atoms with E-state index in [1.54, 1.807) is 23.0 Å². The number of piperidine rings is 2. The van der Waals surface area contributed by atoms with E-state index in [9.17, 15) is 14.4 Å². The van der Waals surface area contributed by atoms with Crippen molar-refractivity contribution in [2.24, 2.45) is 13.0 Å². The van der Waals surface area contributed by atoms with Crippen molar-refractivity contribution in [3.63, 3.8) is 0 Å².